The van der Waals surface area contributed by atoms with Gasteiger partial charge in [0.15, 0.2) is 0 Å². The van der Waals surface area contributed by atoms with Crippen molar-refractivity contribution >= 4 is 11.8 Å². The molecule has 1 saturated heterocycles. The number of hydrogen-bond acceptors (Lipinski definition) is 2. The van der Waals surface area contributed by atoms with Gasteiger partial charge in [-0.1, -0.05) is 61.9 Å². The predicted molar refractivity (Wildman–Crippen MR) is 89.0 cm³/mol. The van der Waals surface area contributed by atoms with Gasteiger partial charge in [-0.3, -0.25) is 14.5 Å². The number of carbonyl (C=O) groups excluding carboxylic acids is 2. The number of likely N-dealkylation sites (tertiary alicyclic amines) is 1. The standard InChI is InChI=1S/C20H19NO2/c1-2-3-12-21-19(22)17-15-10-6-4-8-13(15)14-9-5-7-11-16(14)18(17)20(21)23/h4-11,17-18H,2-3,12H2,1H3/t17-,18-/m1/s1. The lowest BCUT2D eigenvalue weighted by atomic mass is 9.73. The Hall–Kier alpha value is -2.42. The summed E-state index contributed by atoms with van der Waals surface area (Å²) >= 11 is 0. The molecule has 0 radical (unpaired) electrons. The first-order valence-corrected chi connectivity index (χ1v) is 8.27. The number of fused-ring (bicyclic) bond motifs is 6. The van der Waals surface area contributed by atoms with Crippen LogP contribution in [0.5, 0.6) is 0 Å². The average Bonchev–Trinajstić information content (AvgIpc) is 2.85. The van der Waals surface area contributed by atoms with Gasteiger partial charge < -0.3 is 0 Å². The predicted octanol–water partition coefficient (Wildman–Crippen LogP) is 3.70. The number of amides is 2. The molecule has 1 aliphatic carbocycles. The quantitative estimate of drug-likeness (QED) is 0.811. The van der Waals surface area contributed by atoms with Crippen molar-refractivity contribution in [3.05, 3.63) is 59.7 Å². The summed E-state index contributed by atoms with van der Waals surface area (Å²) < 4.78 is 0. The van der Waals surface area contributed by atoms with E-state index in [2.05, 4.69) is 19.1 Å². The Morgan fingerprint density at radius 1 is 0.826 bits per heavy atom. The summed E-state index contributed by atoms with van der Waals surface area (Å²) in [5, 5.41) is 0. The van der Waals surface area contributed by atoms with E-state index in [1.54, 1.807) is 0 Å². The van der Waals surface area contributed by atoms with Crippen LogP contribution in [0.2, 0.25) is 0 Å². The summed E-state index contributed by atoms with van der Waals surface area (Å²) in [7, 11) is 0. The van der Waals surface area contributed by atoms with Crippen LogP contribution in [-0.4, -0.2) is 23.3 Å². The molecule has 23 heavy (non-hydrogen) atoms. The third-order valence-corrected chi connectivity index (χ3v) is 5.01. The molecule has 4 rings (SSSR count). The molecule has 3 nitrogen and oxygen atoms in total. The largest absolute Gasteiger partial charge is 0.282 e. The van der Waals surface area contributed by atoms with Crippen LogP contribution in [0.1, 0.15) is 42.7 Å². The van der Waals surface area contributed by atoms with Gasteiger partial charge in [0, 0.05) is 6.54 Å². The lowest BCUT2D eigenvalue weighted by Gasteiger charge is -2.27. The van der Waals surface area contributed by atoms with E-state index in [0.717, 1.165) is 35.1 Å². The number of imide groups is 1. The lowest BCUT2D eigenvalue weighted by molar-refractivity contribution is -0.139. The van der Waals surface area contributed by atoms with Crippen molar-refractivity contribution in [2.24, 2.45) is 0 Å². The fourth-order valence-corrected chi connectivity index (χ4v) is 3.92. The molecule has 0 aromatic heterocycles. The van der Waals surface area contributed by atoms with Crippen molar-refractivity contribution in [3.63, 3.8) is 0 Å². The Balaban J connectivity index is 1.89. The van der Waals surface area contributed by atoms with Crippen LogP contribution in [0.15, 0.2) is 48.5 Å². The number of rotatable bonds is 3. The van der Waals surface area contributed by atoms with Gasteiger partial charge >= 0.3 is 0 Å². The van der Waals surface area contributed by atoms with Crippen LogP contribution in [0.25, 0.3) is 11.1 Å². The second kappa shape index (κ2) is 5.34. The molecule has 0 bridgehead atoms. The van der Waals surface area contributed by atoms with Gasteiger partial charge in [-0.05, 0) is 28.7 Å². The Morgan fingerprint density at radius 2 is 1.30 bits per heavy atom. The van der Waals surface area contributed by atoms with Gasteiger partial charge in [0.1, 0.15) is 0 Å². The molecule has 2 aliphatic rings. The smallest absolute Gasteiger partial charge is 0.237 e. The second-order valence-electron chi connectivity index (χ2n) is 6.31. The second-order valence-corrected chi connectivity index (χ2v) is 6.31. The Labute approximate surface area is 135 Å². The Kier molecular flexibility index (Phi) is 3.29. The highest BCUT2D eigenvalue weighted by Crippen LogP contribution is 2.51. The monoisotopic (exact) mass is 305 g/mol. The van der Waals surface area contributed by atoms with Gasteiger partial charge in [0.05, 0.1) is 11.8 Å². The Bertz CT molecular complexity index is 732. The third-order valence-electron chi connectivity index (χ3n) is 5.01. The number of nitrogens with zero attached hydrogens (tertiary/aromatic N) is 1. The van der Waals surface area contributed by atoms with Crippen molar-refractivity contribution in [1.29, 1.82) is 0 Å². The van der Waals surface area contributed by atoms with Crippen LogP contribution < -0.4 is 0 Å². The first kappa shape index (κ1) is 14.2. The maximum absolute atomic E-state index is 12.9. The zero-order valence-electron chi connectivity index (χ0n) is 13.2. The van der Waals surface area contributed by atoms with Crippen molar-refractivity contribution in [2.45, 2.75) is 31.6 Å². The highest BCUT2D eigenvalue weighted by atomic mass is 16.2. The summed E-state index contributed by atoms with van der Waals surface area (Å²) in [6, 6.07) is 16.0. The molecule has 0 unspecified atom stereocenters. The number of carbonyl (C=O) groups is 2. The normalized spacial score (nSPS) is 21.9. The first-order chi connectivity index (χ1) is 11.2. The molecule has 2 amide bonds. The van der Waals surface area contributed by atoms with E-state index in [4.69, 9.17) is 0 Å². The number of unbranched alkanes of at least 4 members (excludes halogenated alkanes) is 1. The third kappa shape index (κ3) is 1.96. The summed E-state index contributed by atoms with van der Waals surface area (Å²) in [4.78, 5) is 27.4. The molecule has 1 fully saturated rings. The van der Waals surface area contributed by atoms with E-state index >= 15 is 0 Å². The molecule has 2 aromatic carbocycles. The molecule has 1 heterocycles. The minimum atomic E-state index is -0.356. The van der Waals surface area contributed by atoms with Crippen LogP contribution in [-0.2, 0) is 9.59 Å². The van der Waals surface area contributed by atoms with Gasteiger partial charge in [0.25, 0.3) is 0 Å². The van der Waals surface area contributed by atoms with E-state index < -0.39 is 0 Å². The average molecular weight is 305 g/mol. The Morgan fingerprint density at radius 3 is 1.78 bits per heavy atom. The van der Waals surface area contributed by atoms with Gasteiger partial charge in [-0.15, -0.1) is 0 Å². The zero-order chi connectivity index (χ0) is 16.0. The topological polar surface area (TPSA) is 37.4 Å². The minimum absolute atomic E-state index is 0.0320. The van der Waals surface area contributed by atoms with Crippen molar-refractivity contribution in [2.75, 3.05) is 6.54 Å². The van der Waals surface area contributed by atoms with Crippen molar-refractivity contribution in [1.82, 2.24) is 4.90 Å². The van der Waals surface area contributed by atoms with Gasteiger partial charge in [-0.2, -0.15) is 0 Å². The molecule has 2 atom stereocenters. The fraction of sp³-hybridized carbons (Fsp3) is 0.300. The fourth-order valence-electron chi connectivity index (χ4n) is 3.92. The molecule has 0 N–H and O–H groups in total. The van der Waals surface area contributed by atoms with Gasteiger partial charge in [0.2, 0.25) is 11.8 Å². The van der Waals surface area contributed by atoms with Gasteiger partial charge in [-0.25, -0.2) is 0 Å². The molecule has 0 spiro atoms. The summed E-state index contributed by atoms with van der Waals surface area (Å²) in [5.41, 5.74) is 4.16. The minimum Gasteiger partial charge on any atom is -0.282 e. The molecular weight excluding hydrogens is 286 g/mol. The maximum atomic E-state index is 12.9. The summed E-state index contributed by atoms with van der Waals surface area (Å²) in [5.74, 6) is -0.776. The highest BCUT2D eigenvalue weighted by molar-refractivity contribution is 6.12. The lowest BCUT2D eigenvalue weighted by Crippen LogP contribution is -2.31. The van der Waals surface area contributed by atoms with E-state index in [-0.39, 0.29) is 23.7 Å². The summed E-state index contributed by atoms with van der Waals surface area (Å²) in [6.07, 6.45) is 1.83. The molecule has 0 saturated carbocycles. The van der Waals surface area contributed by atoms with Crippen LogP contribution in [0.4, 0.5) is 0 Å². The van der Waals surface area contributed by atoms with E-state index in [1.165, 1.54) is 4.90 Å². The maximum Gasteiger partial charge on any atom is 0.237 e. The highest BCUT2D eigenvalue weighted by Gasteiger charge is 2.51. The molecule has 2 aromatic rings. The van der Waals surface area contributed by atoms with E-state index in [0.29, 0.717) is 6.54 Å². The molecule has 1 aliphatic heterocycles. The van der Waals surface area contributed by atoms with Crippen LogP contribution in [0.3, 0.4) is 0 Å². The summed E-state index contributed by atoms with van der Waals surface area (Å²) in [6.45, 7) is 2.61. The van der Waals surface area contributed by atoms with E-state index in [1.807, 2.05) is 36.4 Å². The first-order valence-electron chi connectivity index (χ1n) is 8.27. The van der Waals surface area contributed by atoms with Crippen LogP contribution in [0, 0.1) is 0 Å². The number of hydrogen-bond donors (Lipinski definition) is 0. The molecular formula is C20H19NO2. The van der Waals surface area contributed by atoms with Crippen molar-refractivity contribution in [3.8, 4) is 11.1 Å². The zero-order valence-corrected chi connectivity index (χ0v) is 13.2. The SMILES string of the molecule is CCCCN1C(=O)[C@@H]2c3ccccc3-c3ccccc3[C@H]2C1=O. The molecule has 116 valence electrons. The number of benzene rings is 2. The van der Waals surface area contributed by atoms with Crippen molar-refractivity contribution < 1.29 is 9.59 Å². The molecule has 3 heteroatoms. The van der Waals surface area contributed by atoms with Crippen LogP contribution >= 0.6 is 0 Å². The van der Waals surface area contributed by atoms with E-state index in [9.17, 15) is 9.59 Å².